The van der Waals surface area contributed by atoms with E-state index in [1.54, 1.807) is 13.8 Å². The summed E-state index contributed by atoms with van der Waals surface area (Å²) in [5, 5.41) is 48.3. The number of hydrogen-bond acceptors (Lipinski definition) is 10. The van der Waals surface area contributed by atoms with Crippen molar-refractivity contribution in [2.45, 2.75) is 103 Å². The summed E-state index contributed by atoms with van der Waals surface area (Å²) in [6.45, 7) is 7.10. The van der Waals surface area contributed by atoms with E-state index in [0.717, 1.165) is 6.92 Å². The minimum Gasteiger partial charge on any atom is -0.481 e. The van der Waals surface area contributed by atoms with Crippen molar-refractivity contribution >= 4 is 47.4 Å². The van der Waals surface area contributed by atoms with Crippen molar-refractivity contribution in [1.29, 1.82) is 0 Å². The molecule has 5 amide bonds. The first-order chi connectivity index (χ1) is 19.8. The van der Waals surface area contributed by atoms with Crippen molar-refractivity contribution in [1.82, 2.24) is 26.6 Å². The van der Waals surface area contributed by atoms with E-state index in [1.165, 1.54) is 13.8 Å². The fourth-order valence-electron chi connectivity index (χ4n) is 3.52. The predicted octanol–water partition coefficient (Wildman–Crippen LogP) is -3.37. The van der Waals surface area contributed by atoms with Gasteiger partial charge in [-0.1, -0.05) is 13.8 Å². The molecule has 0 aromatic rings. The summed E-state index contributed by atoms with van der Waals surface area (Å²) in [6, 6.07) is -8.64. The predicted molar refractivity (Wildman–Crippen MR) is 147 cm³/mol. The molecule has 0 unspecified atom stereocenters. The van der Waals surface area contributed by atoms with Crippen molar-refractivity contribution in [3.63, 3.8) is 0 Å². The number of amides is 5. The normalized spacial score (nSPS) is 15.8. The van der Waals surface area contributed by atoms with Crippen LogP contribution in [0.15, 0.2) is 0 Å². The smallest absolute Gasteiger partial charge is 0.328 e. The second-order valence-electron chi connectivity index (χ2n) is 10.4. The van der Waals surface area contributed by atoms with Crippen LogP contribution in [0.3, 0.4) is 0 Å². The van der Waals surface area contributed by atoms with Crippen LogP contribution in [-0.4, -0.2) is 110 Å². The number of carbonyl (C=O) groups is 8. The summed E-state index contributed by atoms with van der Waals surface area (Å²) < 4.78 is 0. The van der Waals surface area contributed by atoms with E-state index in [2.05, 4.69) is 21.3 Å². The molecule has 0 saturated heterocycles. The van der Waals surface area contributed by atoms with Crippen LogP contribution in [-0.2, 0) is 38.4 Å². The van der Waals surface area contributed by atoms with E-state index < -0.39 is 109 Å². The third-order valence-electron chi connectivity index (χ3n) is 5.84. The Morgan fingerprint density at radius 3 is 1.56 bits per heavy atom. The Morgan fingerprint density at radius 2 is 1.12 bits per heavy atom. The average Bonchev–Trinajstić information content (AvgIpc) is 2.87. The maximum absolute atomic E-state index is 13.2. The zero-order valence-corrected chi connectivity index (χ0v) is 24.6. The molecule has 0 saturated carbocycles. The van der Waals surface area contributed by atoms with Gasteiger partial charge in [-0.05, 0) is 39.5 Å². The Kier molecular flexibility index (Phi) is 16.4. The van der Waals surface area contributed by atoms with Gasteiger partial charge in [-0.15, -0.1) is 0 Å². The van der Waals surface area contributed by atoms with E-state index in [1.807, 2.05) is 5.32 Å². The van der Waals surface area contributed by atoms with Crippen molar-refractivity contribution < 1.29 is 58.8 Å². The van der Waals surface area contributed by atoms with Gasteiger partial charge in [0.1, 0.15) is 24.2 Å². The average molecular weight is 619 g/mol. The molecule has 0 rings (SSSR count). The van der Waals surface area contributed by atoms with Gasteiger partial charge in [0.15, 0.2) is 6.04 Å². The second kappa shape index (κ2) is 18.3. The molecule has 11 N–H and O–H groups in total. The van der Waals surface area contributed by atoms with Crippen LogP contribution >= 0.6 is 0 Å². The van der Waals surface area contributed by atoms with Gasteiger partial charge in [-0.3, -0.25) is 33.6 Å². The lowest BCUT2D eigenvalue weighted by molar-refractivity contribution is -0.145. The molecule has 0 aliphatic carbocycles. The maximum Gasteiger partial charge on any atom is 0.328 e. The molecule has 0 heterocycles. The third-order valence-corrected chi connectivity index (χ3v) is 5.84. The van der Waals surface area contributed by atoms with E-state index in [9.17, 15) is 53.7 Å². The Balaban J connectivity index is 5.96. The second-order valence-corrected chi connectivity index (χ2v) is 10.4. The van der Waals surface area contributed by atoms with Crippen molar-refractivity contribution in [3.8, 4) is 0 Å². The number of aliphatic hydroxyl groups excluding tert-OH is 1. The quantitative estimate of drug-likeness (QED) is 0.0677. The summed E-state index contributed by atoms with van der Waals surface area (Å²) in [6.07, 6.45) is -3.59. The first-order valence-electron chi connectivity index (χ1n) is 13.4. The molecular weight excluding hydrogens is 576 g/mol. The molecule has 0 aliphatic rings. The molecule has 0 aromatic carbocycles. The van der Waals surface area contributed by atoms with E-state index in [0.29, 0.717) is 0 Å². The largest absolute Gasteiger partial charge is 0.481 e. The van der Waals surface area contributed by atoms with Gasteiger partial charge in [-0.25, -0.2) is 4.79 Å². The molecule has 0 bridgehead atoms. The number of aliphatic hydroxyl groups is 1. The molecular formula is C25H42N6O12. The standard InChI is InChI=1S/C25H42N6O12/c1-10(2)8-15(23(40)28-14(6-7-17(33)34)22(39)31-19(13(5)32)25(42)43)30-24(41)16(9-18(35)36)29-21(38)12(4)27-20(37)11(3)26/h10-16,19,32H,6-9,26H2,1-5H3,(H,27,37)(H,28,40)(H,29,38)(H,30,41)(H,31,39)(H,33,34)(H,35,36)(H,42,43)/t11-,12-,13+,14-,15-,16-,19-/m0/s1. The minimum atomic E-state index is -1.77. The summed E-state index contributed by atoms with van der Waals surface area (Å²) in [7, 11) is 0. The highest BCUT2D eigenvalue weighted by atomic mass is 16.4. The number of aliphatic carboxylic acids is 3. The number of rotatable bonds is 19. The fourth-order valence-corrected chi connectivity index (χ4v) is 3.52. The highest BCUT2D eigenvalue weighted by molar-refractivity contribution is 5.97. The topological polar surface area (TPSA) is 304 Å². The first-order valence-corrected chi connectivity index (χ1v) is 13.4. The molecule has 0 fully saturated rings. The van der Waals surface area contributed by atoms with Gasteiger partial charge < -0.3 is 52.7 Å². The van der Waals surface area contributed by atoms with Crippen LogP contribution in [0.2, 0.25) is 0 Å². The molecule has 0 aliphatic heterocycles. The zero-order valence-electron chi connectivity index (χ0n) is 24.6. The van der Waals surface area contributed by atoms with Crippen molar-refractivity contribution in [3.05, 3.63) is 0 Å². The van der Waals surface area contributed by atoms with Gasteiger partial charge in [0.2, 0.25) is 29.5 Å². The highest BCUT2D eigenvalue weighted by Crippen LogP contribution is 2.09. The number of carboxylic acids is 3. The summed E-state index contributed by atoms with van der Waals surface area (Å²) in [5.74, 6) is -9.45. The van der Waals surface area contributed by atoms with E-state index in [4.69, 9.17) is 10.8 Å². The lowest BCUT2D eigenvalue weighted by Gasteiger charge is -2.27. The Labute approximate surface area is 247 Å². The van der Waals surface area contributed by atoms with Gasteiger partial charge in [0, 0.05) is 6.42 Å². The van der Waals surface area contributed by atoms with Crippen LogP contribution in [0.4, 0.5) is 0 Å². The molecule has 7 atom stereocenters. The van der Waals surface area contributed by atoms with Gasteiger partial charge in [0.05, 0.1) is 18.6 Å². The Morgan fingerprint density at radius 1 is 0.628 bits per heavy atom. The van der Waals surface area contributed by atoms with Gasteiger partial charge >= 0.3 is 17.9 Å². The number of hydrogen-bond donors (Lipinski definition) is 10. The lowest BCUT2D eigenvalue weighted by Crippen LogP contribution is -2.60. The van der Waals surface area contributed by atoms with Crippen LogP contribution in [0, 0.1) is 5.92 Å². The summed E-state index contributed by atoms with van der Waals surface area (Å²) in [4.78, 5) is 97.3. The minimum absolute atomic E-state index is 0.0507. The molecule has 0 aromatic heterocycles. The van der Waals surface area contributed by atoms with Gasteiger partial charge in [0.25, 0.3) is 0 Å². The van der Waals surface area contributed by atoms with Crippen molar-refractivity contribution in [2.24, 2.45) is 11.7 Å². The van der Waals surface area contributed by atoms with Crippen LogP contribution in [0.5, 0.6) is 0 Å². The number of nitrogens with one attached hydrogen (secondary N) is 5. The Hall–Kier alpha value is -4.32. The first kappa shape index (κ1) is 38.7. The molecule has 244 valence electrons. The van der Waals surface area contributed by atoms with Gasteiger partial charge in [-0.2, -0.15) is 0 Å². The SMILES string of the molecule is CC(C)C[C@H](NC(=O)[C@H](CC(=O)O)NC(=O)[C@H](C)NC(=O)[C@H](C)N)C(=O)N[C@@H](CCC(=O)O)C(=O)N[C@H](C(=O)O)[C@@H](C)O. The molecule has 43 heavy (non-hydrogen) atoms. The Bertz CT molecular complexity index is 1050. The monoisotopic (exact) mass is 618 g/mol. The number of nitrogens with two attached hydrogens (primary N) is 1. The van der Waals surface area contributed by atoms with E-state index >= 15 is 0 Å². The summed E-state index contributed by atoms with van der Waals surface area (Å²) in [5.41, 5.74) is 5.44. The summed E-state index contributed by atoms with van der Waals surface area (Å²) >= 11 is 0. The molecule has 0 radical (unpaired) electrons. The third kappa shape index (κ3) is 14.9. The van der Waals surface area contributed by atoms with Crippen LogP contribution < -0.4 is 32.3 Å². The van der Waals surface area contributed by atoms with Crippen LogP contribution in [0.25, 0.3) is 0 Å². The highest BCUT2D eigenvalue weighted by Gasteiger charge is 2.34. The molecule has 0 spiro atoms. The molecule has 18 nitrogen and oxygen atoms in total. The zero-order chi connectivity index (χ0) is 33.6. The van der Waals surface area contributed by atoms with E-state index in [-0.39, 0.29) is 12.3 Å². The van der Waals surface area contributed by atoms with Crippen molar-refractivity contribution in [2.75, 3.05) is 0 Å². The fraction of sp³-hybridized carbons (Fsp3) is 0.680. The molecule has 18 heteroatoms. The number of carbonyl (C=O) groups excluding carboxylic acids is 5. The van der Waals surface area contributed by atoms with Crippen LogP contribution in [0.1, 0.15) is 60.3 Å². The number of carboxylic acid groups (broad SMARTS) is 3. The lowest BCUT2D eigenvalue weighted by atomic mass is 10.0. The maximum atomic E-state index is 13.2.